The molecule has 146 valence electrons. The van der Waals surface area contributed by atoms with Crippen LogP contribution in [-0.4, -0.2) is 42.5 Å². The summed E-state index contributed by atoms with van der Waals surface area (Å²) in [5, 5.41) is -0.480. The van der Waals surface area contributed by atoms with Gasteiger partial charge in [-0.2, -0.15) is 0 Å². The van der Waals surface area contributed by atoms with Gasteiger partial charge in [0.15, 0.2) is 15.6 Å². The third-order valence-corrected chi connectivity index (χ3v) is 7.08. The van der Waals surface area contributed by atoms with Gasteiger partial charge in [-0.3, -0.25) is 4.79 Å². The summed E-state index contributed by atoms with van der Waals surface area (Å²) in [5.74, 6) is 0.560. The molecule has 0 N–H and O–H groups in total. The van der Waals surface area contributed by atoms with Crippen molar-refractivity contribution in [3.63, 3.8) is 0 Å². The topological polar surface area (TPSA) is 93.6 Å². The first-order chi connectivity index (χ1) is 13.5. The van der Waals surface area contributed by atoms with Gasteiger partial charge in [-0.15, -0.1) is 0 Å². The first-order valence-electron chi connectivity index (χ1n) is 9.07. The monoisotopic (exact) mass is 400 g/mol. The van der Waals surface area contributed by atoms with Gasteiger partial charge in [0, 0.05) is 18.7 Å². The number of oxazole rings is 1. The van der Waals surface area contributed by atoms with E-state index >= 15 is 0 Å². The summed E-state index contributed by atoms with van der Waals surface area (Å²) < 4.78 is 35.9. The fourth-order valence-electron chi connectivity index (χ4n) is 3.37. The number of benzene rings is 1. The van der Waals surface area contributed by atoms with Crippen LogP contribution >= 0.6 is 0 Å². The molecule has 0 atom stereocenters. The molecule has 1 aliphatic rings. The number of piperidine rings is 1. The lowest BCUT2D eigenvalue weighted by atomic mass is 10.1. The molecule has 0 bridgehead atoms. The van der Waals surface area contributed by atoms with Crippen LogP contribution < -0.4 is 0 Å². The van der Waals surface area contributed by atoms with Crippen LogP contribution in [0, 0.1) is 0 Å². The number of likely N-dealkylation sites (tertiary alicyclic amines) is 1. The molecular formula is C20H20N2O5S. The first-order valence-corrected chi connectivity index (χ1v) is 10.8. The molecule has 3 aromatic rings. The Labute approximate surface area is 162 Å². The normalized spacial score (nSPS) is 15.6. The van der Waals surface area contributed by atoms with Gasteiger partial charge in [-0.05, 0) is 25.0 Å². The summed E-state index contributed by atoms with van der Waals surface area (Å²) in [7, 11) is -3.32. The highest BCUT2D eigenvalue weighted by molar-refractivity contribution is 7.91. The zero-order valence-electron chi connectivity index (χ0n) is 15.2. The van der Waals surface area contributed by atoms with E-state index in [1.165, 1.54) is 12.5 Å². The van der Waals surface area contributed by atoms with Crippen molar-refractivity contribution < 1.29 is 22.0 Å². The molecule has 0 unspecified atom stereocenters. The number of carbonyl (C=O) groups is 1. The first kappa shape index (κ1) is 18.5. The molecule has 0 spiro atoms. The summed E-state index contributed by atoms with van der Waals surface area (Å²) in [6.45, 7) is 0.702. The maximum absolute atomic E-state index is 12.7. The number of aromatic nitrogens is 1. The number of amides is 1. The Morgan fingerprint density at radius 1 is 1.11 bits per heavy atom. The predicted octanol–water partition coefficient (Wildman–Crippen LogP) is 3.15. The van der Waals surface area contributed by atoms with Gasteiger partial charge < -0.3 is 13.7 Å². The van der Waals surface area contributed by atoms with Crippen molar-refractivity contribution >= 4 is 15.7 Å². The highest BCUT2D eigenvalue weighted by Crippen LogP contribution is 2.24. The van der Waals surface area contributed by atoms with E-state index in [1.54, 1.807) is 17.0 Å². The summed E-state index contributed by atoms with van der Waals surface area (Å²) in [4.78, 5) is 18.4. The number of hydrogen-bond donors (Lipinski definition) is 0. The molecule has 1 aromatic carbocycles. The second-order valence-electron chi connectivity index (χ2n) is 6.77. The smallest absolute Gasteiger partial charge is 0.309 e. The van der Waals surface area contributed by atoms with Gasteiger partial charge in [0.1, 0.15) is 11.5 Å². The lowest BCUT2D eigenvalue weighted by Gasteiger charge is -2.30. The molecule has 7 nitrogen and oxygen atoms in total. The highest BCUT2D eigenvalue weighted by Gasteiger charge is 2.33. The minimum atomic E-state index is -3.32. The highest BCUT2D eigenvalue weighted by atomic mass is 32.2. The van der Waals surface area contributed by atoms with Crippen LogP contribution in [0.4, 0.5) is 0 Å². The minimum Gasteiger partial charge on any atom is -0.468 e. The molecular weight excluding hydrogens is 380 g/mol. The lowest BCUT2D eigenvalue weighted by Crippen LogP contribution is -2.42. The van der Waals surface area contributed by atoms with Crippen LogP contribution in [0.15, 0.2) is 63.8 Å². The molecule has 8 heteroatoms. The van der Waals surface area contributed by atoms with Crippen molar-refractivity contribution in [3.05, 3.63) is 66.6 Å². The van der Waals surface area contributed by atoms with Crippen LogP contribution in [0.2, 0.25) is 0 Å². The fourth-order valence-corrected chi connectivity index (χ4v) is 5.10. The summed E-state index contributed by atoms with van der Waals surface area (Å²) in [6.07, 6.45) is 3.78. The molecule has 1 saturated heterocycles. The van der Waals surface area contributed by atoms with Crippen molar-refractivity contribution in [1.29, 1.82) is 0 Å². The largest absolute Gasteiger partial charge is 0.468 e. The number of rotatable bonds is 5. The number of furan rings is 1. The Kier molecular flexibility index (Phi) is 5.04. The van der Waals surface area contributed by atoms with Gasteiger partial charge in [-0.25, -0.2) is 13.4 Å². The zero-order chi connectivity index (χ0) is 19.6. The van der Waals surface area contributed by atoms with Crippen LogP contribution in [0.1, 0.15) is 29.3 Å². The van der Waals surface area contributed by atoms with E-state index in [0.717, 1.165) is 5.56 Å². The molecule has 1 aliphatic heterocycles. The van der Waals surface area contributed by atoms with Crippen molar-refractivity contribution in [2.45, 2.75) is 23.8 Å². The molecule has 2 aromatic heterocycles. The molecule has 0 saturated carbocycles. The fraction of sp³-hybridized carbons (Fsp3) is 0.300. The van der Waals surface area contributed by atoms with E-state index < -0.39 is 15.1 Å². The quantitative estimate of drug-likeness (QED) is 0.653. The summed E-state index contributed by atoms with van der Waals surface area (Å²) in [5.41, 5.74) is 0.844. The maximum Gasteiger partial charge on any atom is 0.309 e. The summed E-state index contributed by atoms with van der Waals surface area (Å²) in [6, 6.07) is 12.8. The van der Waals surface area contributed by atoms with Gasteiger partial charge >= 0.3 is 5.91 Å². The Morgan fingerprint density at radius 3 is 2.54 bits per heavy atom. The van der Waals surface area contributed by atoms with Gasteiger partial charge in [0.05, 0.1) is 17.7 Å². The van der Waals surface area contributed by atoms with Crippen molar-refractivity contribution in [2.24, 2.45) is 0 Å². The molecule has 4 rings (SSSR count). The van der Waals surface area contributed by atoms with E-state index in [2.05, 4.69) is 4.98 Å². The molecule has 3 heterocycles. The van der Waals surface area contributed by atoms with Gasteiger partial charge in [0.2, 0.25) is 0 Å². The SMILES string of the molecule is O=C(c1ncc(-c2ccccc2)o1)N1CCC(S(=O)(=O)Cc2ccco2)CC1. The van der Waals surface area contributed by atoms with E-state index in [9.17, 15) is 13.2 Å². The average Bonchev–Trinajstić information content (AvgIpc) is 3.40. The second kappa shape index (κ2) is 7.63. The Bertz CT molecular complexity index is 1030. The minimum absolute atomic E-state index is 0.0238. The van der Waals surface area contributed by atoms with Crippen LogP contribution in [0.5, 0.6) is 0 Å². The Hall–Kier alpha value is -2.87. The van der Waals surface area contributed by atoms with Crippen LogP contribution in [0.3, 0.4) is 0 Å². The second-order valence-corrected chi connectivity index (χ2v) is 9.05. The van der Waals surface area contributed by atoms with Crippen LogP contribution in [0.25, 0.3) is 11.3 Å². The third kappa shape index (κ3) is 3.87. The van der Waals surface area contributed by atoms with Gasteiger partial charge in [-0.1, -0.05) is 30.3 Å². The van der Waals surface area contributed by atoms with E-state index in [4.69, 9.17) is 8.83 Å². The standard InChI is InChI=1S/C20H20N2O5S/c23-20(19-21-13-18(27-19)15-5-2-1-3-6-15)22-10-8-17(9-11-22)28(24,25)14-16-7-4-12-26-16/h1-7,12-13,17H,8-11,14H2. The van der Waals surface area contributed by atoms with E-state index in [0.29, 0.717) is 37.5 Å². The predicted molar refractivity (Wildman–Crippen MR) is 102 cm³/mol. The van der Waals surface area contributed by atoms with Crippen molar-refractivity contribution in [3.8, 4) is 11.3 Å². The number of hydrogen-bond acceptors (Lipinski definition) is 6. The number of nitrogens with zero attached hydrogens (tertiary/aromatic N) is 2. The Morgan fingerprint density at radius 2 is 1.86 bits per heavy atom. The van der Waals surface area contributed by atoms with Crippen LogP contribution in [-0.2, 0) is 15.6 Å². The van der Waals surface area contributed by atoms with Crippen molar-refractivity contribution in [1.82, 2.24) is 9.88 Å². The van der Waals surface area contributed by atoms with Crippen molar-refractivity contribution in [2.75, 3.05) is 13.1 Å². The molecule has 0 radical (unpaired) electrons. The zero-order valence-corrected chi connectivity index (χ0v) is 16.0. The van der Waals surface area contributed by atoms with E-state index in [-0.39, 0.29) is 17.6 Å². The molecule has 1 fully saturated rings. The third-order valence-electron chi connectivity index (χ3n) is 4.91. The lowest BCUT2D eigenvalue weighted by molar-refractivity contribution is 0.0686. The summed E-state index contributed by atoms with van der Waals surface area (Å²) >= 11 is 0. The molecule has 1 amide bonds. The van der Waals surface area contributed by atoms with E-state index in [1.807, 2.05) is 30.3 Å². The maximum atomic E-state index is 12.7. The molecule has 0 aliphatic carbocycles. The number of sulfone groups is 1. The van der Waals surface area contributed by atoms with Gasteiger partial charge in [0.25, 0.3) is 5.89 Å². The number of carbonyl (C=O) groups excluding carboxylic acids is 1. The molecule has 28 heavy (non-hydrogen) atoms. The Balaban J connectivity index is 1.38. The average molecular weight is 400 g/mol.